The zero-order valence-electron chi connectivity index (χ0n) is 16.4. The molecule has 31 heavy (non-hydrogen) atoms. The van der Waals surface area contributed by atoms with Crippen LogP contribution in [-0.2, 0) is 17.9 Å². The predicted octanol–water partition coefficient (Wildman–Crippen LogP) is 3.61. The Hall–Kier alpha value is -3.88. The third-order valence-corrected chi connectivity index (χ3v) is 4.80. The summed E-state index contributed by atoms with van der Waals surface area (Å²) in [5.74, 6) is -0.312. The molecule has 0 fully saturated rings. The minimum absolute atomic E-state index is 0.0120. The largest absolute Gasteiger partial charge is 0.326 e. The van der Waals surface area contributed by atoms with Gasteiger partial charge >= 0.3 is 0 Å². The van der Waals surface area contributed by atoms with Gasteiger partial charge in [-0.25, -0.2) is 8.78 Å². The van der Waals surface area contributed by atoms with Gasteiger partial charge in [-0.2, -0.15) is 5.10 Å². The summed E-state index contributed by atoms with van der Waals surface area (Å²) in [5, 5.41) is 7.28. The number of nitrogens with one attached hydrogen (secondary N) is 1. The first-order valence-corrected chi connectivity index (χ1v) is 9.64. The smallest absolute Gasteiger partial charge is 0.264 e. The number of aryl methyl sites for hydroxylation is 1. The summed E-state index contributed by atoms with van der Waals surface area (Å²) in [6.07, 6.45) is 1.78. The van der Waals surface area contributed by atoms with E-state index in [0.29, 0.717) is 12.2 Å². The monoisotopic (exact) mass is 423 g/mol. The number of carbonyl (C=O) groups excluding carboxylic acids is 1. The zero-order chi connectivity index (χ0) is 21.8. The number of alkyl halides is 2. The Kier molecular flexibility index (Phi) is 5.83. The molecule has 0 aliphatic rings. The number of pyridine rings is 2. The number of hydrogen-bond donors (Lipinski definition) is 1. The SMILES string of the molecule is O=C(CCn1c(=O)cc(C(F)F)c2cn(Cc3ccccc3)nc21)Nc1ccncc1. The fraction of sp³-hybridized carbons (Fsp3) is 0.182. The molecule has 1 N–H and O–H groups in total. The molecule has 0 bridgehead atoms. The van der Waals surface area contributed by atoms with Crippen molar-refractivity contribution in [1.29, 1.82) is 0 Å². The highest BCUT2D eigenvalue weighted by Gasteiger charge is 2.19. The number of fused-ring (bicyclic) bond motifs is 1. The lowest BCUT2D eigenvalue weighted by molar-refractivity contribution is -0.116. The van der Waals surface area contributed by atoms with Gasteiger partial charge in [0.1, 0.15) is 0 Å². The predicted molar refractivity (Wildman–Crippen MR) is 112 cm³/mol. The number of carbonyl (C=O) groups is 1. The average molecular weight is 423 g/mol. The van der Waals surface area contributed by atoms with E-state index in [0.717, 1.165) is 11.6 Å². The molecule has 4 rings (SSSR count). The van der Waals surface area contributed by atoms with Crippen molar-refractivity contribution in [2.24, 2.45) is 0 Å². The van der Waals surface area contributed by atoms with Gasteiger partial charge < -0.3 is 5.32 Å². The Morgan fingerprint density at radius 1 is 1.10 bits per heavy atom. The molecule has 0 atom stereocenters. The average Bonchev–Trinajstić information content (AvgIpc) is 3.17. The standard InChI is InChI=1S/C22H19F2N5O2/c23-21(24)17-12-20(31)29(11-8-19(30)26-16-6-9-25-10-7-16)22-18(17)14-28(27-22)13-15-4-2-1-3-5-15/h1-7,9-10,12,14,21H,8,11,13H2,(H,25,26,30). The van der Waals surface area contributed by atoms with Gasteiger partial charge in [-0.05, 0) is 17.7 Å². The Morgan fingerprint density at radius 2 is 1.84 bits per heavy atom. The molecule has 1 aromatic carbocycles. The summed E-state index contributed by atoms with van der Waals surface area (Å²) in [4.78, 5) is 28.7. The maximum atomic E-state index is 13.5. The van der Waals surface area contributed by atoms with Crippen LogP contribution in [0, 0.1) is 0 Å². The summed E-state index contributed by atoms with van der Waals surface area (Å²) in [5.41, 5.74) is 0.675. The van der Waals surface area contributed by atoms with Crippen molar-refractivity contribution in [1.82, 2.24) is 19.3 Å². The minimum Gasteiger partial charge on any atom is -0.326 e. The maximum absolute atomic E-state index is 13.5. The fourth-order valence-corrected chi connectivity index (χ4v) is 3.33. The molecule has 0 unspecified atom stereocenters. The van der Waals surface area contributed by atoms with Gasteiger partial charge in [0.05, 0.1) is 6.54 Å². The highest BCUT2D eigenvalue weighted by Crippen LogP contribution is 2.26. The summed E-state index contributed by atoms with van der Waals surface area (Å²) >= 11 is 0. The Labute approximate surface area is 176 Å². The van der Waals surface area contributed by atoms with E-state index in [4.69, 9.17) is 0 Å². The molecule has 0 saturated heterocycles. The van der Waals surface area contributed by atoms with Crippen LogP contribution < -0.4 is 10.9 Å². The molecule has 0 spiro atoms. The quantitative estimate of drug-likeness (QED) is 0.492. The van der Waals surface area contributed by atoms with Gasteiger partial charge in [-0.15, -0.1) is 0 Å². The third-order valence-electron chi connectivity index (χ3n) is 4.80. The first-order chi connectivity index (χ1) is 15.0. The van der Waals surface area contributed by atoms with E-state index in [1.54, 1.807) is 24.5 Å². The molecule has 4 aromatic rings. The molecule has 0 aliphatic carbocycles. The van der Waals surface area contributed by atoms with Crippen LogP contribution in [0.5, 0.6) is 0 Å². The number of amides is 1. The Balaban J connectivity index is 1.62. The molecule has 1 amide bonds. The van der Waals surface area contributed by atoms with Crippen LogP contribution in [0.25, 0.3) is 11.0 Å². The molecule has 158 valence electrons. The van der Waals surface area contributed by atoms with E-state index in [2.05, 4.69) is 15.4 Å². The van der Waals surface area contributed by atoms with Crippen molar-refractivity contribution in [3.05, 3.63) is 88.6 Å². The second-order valence-corrected chi connectivity index (χ2v) is 6.97. The molecule has 9 heteroatoms. The lowest BCUT2D eigenvalue weighted by Crippen LogP contribution is -2.24. The highest BCUT2D eigenvalue weighted by atomic mass is 19.3. The number of anilines is 1. The van der Waals surface area contributed by atoms with Gasteiger partial charge in [0.25, 0.3) is 12.0 Å². The lowest BCUT2D eigenvalue weighted by atomic mass is 10.2. The minimum atomic E-state index is -2.81. The molecule has 7 nitrogen and oxygen atoms in total. The molecular formula is C22H19F2N5O2. The van der Waals surface area contributed by atoms with E-state index >= 15 is 0 Å². The van der Waals surface area contributed by atoms with Crippen molar-refractivity contribution in [2.45, 2.75) is 25.9 Å². The van der Waals surface area contributed by atoms with E-state index in [9.17, 15) is 18.4 Å². The first-order valence-electron chi connectivity index (χ1n) is 9.64. The maximum Gasteiger partial charge on any atom is 0.264 e. The van der Waals surface area contributed by atoms with E-state index in [1.807, 2.05) is 30.3 Å². The number of rotatable bonds is 7. The van der Waals surface area contributed by atoms with Crippen LogP contribution in [0.4, 0.5) is 14.5 Å². The van der Waals surface area contributed by atoms with Crippen molar-refractivity contribution < 1.29 is 13.6 Å². The topological polar surface area (TPSA) is 81.8 Å². The summed E-state index contributed by atoms with van der Waals surface area (Å²) in [6.45, 7) is 0.382. The van der Waals surface area contributed by atoms with E-state index in [-0.39, 0.29) is 35.5 Å². The molecule has 0 saturated carbocycles. The molecule has 3 heterocycles. The Bertz CT molecular complexity index is 1250. The summed E-state index contributed by atoms with van der Waals surface area (Å²) < 4.78 is 29.9. The lowest BCUT2D eigenvalue weighted by Gasteiger charge is -2.09. The van der Waals surface area contributed by atoms with Gasteiger partial charge in [0.2, 0.25) is 5.91 Å². The van der Waals surface area contributed by atoms with Crippen LogP contribution in [0.2, 0.25) is 0 Å². The van der Waals surface area contributed by atoms with Crippen LogP contribution >= 0.6 is 0 Å². The van der Waals surface area contributed by atoms with Crippen molar-refractivity contribution in [2.75, 3.05) is 5.32 Å². The number of benzene rings is 1. The van der Waals surface area contributed by atoms with Gasteiger partial charge in [-0.1, -0.05) is 30.3 Å². The highest BCUT2D eigenvalue weighted by molar-refractivity contribution is 5.90. The second-order valence-electron chi connectivity index (χ2n) is 6.97. The molecule has 0 aliphatic heterocycles. The van der Waals surface area contributed by atoms with Gasteiger partial charge in [0, 0.05) is 54.3 Å². The Morgan fingerprint density at radius 3 is 2.55 bits per heavy atom. The van der Waals surface area contributed by atoms with Crippen LogP contribution in [-0.4, -0.2) is 25.2 Å². The first kappa shape index (κ1) is 20.4. The van der Waals surface area contributed by atoms with Crippen LogP contribution in [0.15, 0.2) is 71.9 Å². The number of halogens is 2. The van der Waals surface area contributed by atoms with Crippen LogP contribution in [0.1, 0.15) is 24.0 Å². The summed E-state index contributed by atoms with van der Waals surface area (Å²) in [6, 6.07) is 13.6. The number of hydrogen-bond acceptors (Lipinski definition) is 4. The zero-order valence-corrected chi connectivity index (χ0v) is 16.4. The molecular weight excluding hydrogens is 404 g/mol. The normalized spacial score (nSPS) is 11.2. The van der Waals surface area contributed by atoms with E-state index < -0.39 is 12.0 Å². The fourth-order valence-electron chi connectivity index (χ4n) is 3.33. The van der Waals surface area contributed by atoms with Crippen molar-refractivity contribution in [3.63, 3.8) is 0 Å². The van der Waals surface area contributed by atoms with Gasteiger partial charge in [0.15, 0.2) is 5.65 Å². The van der Waals surface area contributed by atoms with Crippen LogP contribution in [0.3, 0.4) is 0 Å². The number of nitrogens with zero attached hydrogens (tertiary/aromatic N) is 4. The van der Waals surface area contributed by atoms with Crippen molar-refractivity contribution >= 4 is 22.6 Å². The second kappa shape index (κ2) is 8.86. The third kappa shape index (κ3) is 4.66. The molecule has 3 aromatic heterocycles. The number of aromatic nitrogens is 4. The van der Waals surface area contributed by atoms with E-state index in [1.165, 1.54) is 15.4 Å². The molecule has 0 radical (unpaired) electrons. The summed E-state index contributed by atoms with van der Waals surface area (Å²) in [7, 11) is 0. The van der Waals surface area contributed by atoms with Crippen molar-refractivity contribution in [3.8, 4) is 0 Å². The van der Waals surface area contributed by atoms with Gasteiger partial charge in [-0.3, -0.25) is 23.8 Å².